The third-order valence-corrected chi connectivity index (χ3v) is 6.09. The molecule has 1 spiro atoms. The number of carbonyl (C=O) groups is 2. The molecule has 0 aromatic heterocycles. The first kappa shape index (κ1) is 19.6. The molecular formula is C24H28N2O3. The minimum atomic E-state index is -1.00. The van der Waals surface area contributed by atoms with Gasteiger partial charge in [0.1, 0.15) is 0 Å². The van der Waals surface area contributed by atoms with E-state index in [0.29, 0.717) is 32.7 Å². The van der Waals surface area contributed by atoms with Crippen LogP contribution in [0, 0.1) is 0 Å². The molecule has 0 bridgehead atoms. The minimum Gasteiger partial charge on any atom is -0.361 e. The van der Waals surface area contributed by atoms with Crippen LogP contribution in [0.2, 0.25) is 0 Å². The van der Waals surface area contributed by atoms with Gasteiger partial charge in [0.2, 0.25) is 5.91 Å². The monoisotopic (exact) mass is 392 g/mol. The summed E-state index contributed by atoms with van der Waals surface area (Å²) >= 11 is 0. The lowest BCUT2D eigenvalue weighted by atomic mass is 9.83. The molecule has 4 rings (SSSR count). The fourth-order valence-corrected chi connectivity index (χ4v) is 4.51. The Hall–Kier alpha value is -2.66. The van der Waals surface area contributed by atoms with Gasteiger partial charge < -0.3 is 14.5 Å². The van der Waals surface area contributed by atoms with Gasteiger partial charge in [0.25, 0.3) is 5.91 Å². The molecular weight excluding hydrogens is 364 g/mol. The molecule has 2 amide bonds. The van der Waals surface area contributed by atoms with Crippen LogP contribution in [0.15, 0.2) is 60.7 Å². The van der Waals surface area contributed by atoms with Crippen molar-refractivity contribution < 1.29 is 14.3 Å². The van der Waals surface area contributed by atoms with Gasteiger partial charge in [-0.15, -0.1) is 0 Å². The summed E-state index contributed by atoms with van der Waals surface area (Å²) in [7, 11) is 0. The van der Waals surface area contributed by atoms with Gasteiger partial charge in [-0.2, -0.15) is 0 Å². The van der Waals surface area contributed by atoms with E-state index in [1.807, 2.05) is 72.2 Å². The standard InChI is InChI=1S/C24H28N2O3/c1-18(2)26-16-21(20-11-7-4-8-12-20)24(23(26)28)17-25(13-14-29-24)22(27)15-19-9-5-3-6-10-19/h3-12,18,21H,13-17H2,1-2H3. The Balaban J connectivity index is 1.62. The number of rotatable bonds is 4. The van der Waals surface area contributed by atoms with Crippen LogP contribution in [-0.2, 0) is 20.7 Å². The van der Waals surface area contributed by atoms with Crippen LogP contribution in [0.1, 0.15) is 30.9 Å². The van der Waals surface area contributed by atoms with Gasteiger partial charge in [-0.1, -0.05) is 60.7 Å². The maximum absolute atomic E-state index is 13.5. The summed E-state index contributed by atoms with van der Waals surface area (Å²) in [5.74, 6) is -0.0500. The molecule has 0 radical (unpaired) electrons. The molecule has 0 saturated carbocycles. The summed E-state index contributed by atoms with van der Waals surface area (Å²) in [5, 5.41) is 0. The Labute approximate surface area is 172 Å². The predicted octanol–water partition coefficient (Wildman–Crippen LogP) is 2.86. The first-order valence-corrected chi connectivity index (χ1v) is 10.3. The van der Waals surface area contributed by atoms with Crippen molar-refractivity contribution >= 4 is 11.8 Å². The van der Waals surface area contributed by atoms with Gasteiger partial charge in [0.05, 0.1) is 19.6 Å². The van der Waals surface area contributed by atoms with E-state index < -0.39 is 5.60 Å². The molecule has 5 nitrogen and oxygen atoms in total. The average Bonchev–Trinajstić information content (AvgIpc) is 3.01. The van der Waals surface area contributed by atoms with Crippen molar-refractivity contribution in [2.24, 2.45) is 0 Å². The summed E-state index contributed by atoms with van der Waals surface area (Å²) in [6.07, 6.45) is 0.342. The Morgan fingerprint density at radius 3 is 2.41 bits per heavy atom. The van der Waals surface area contributed by atoms with E-state index in [1.165, 1.54) is 0 Å². The topological polar surface area (TPSA) is 49.9 Å². The van der Waals surface area contributed by atoms with Gasteiger partial charge in [0, 0.05) is 25.0 Å². The van der Waals surface area contributed by atoms with Gasteiger partial charge in [-0.25, -0.2) is 0 Å². The molecule has 0 N–H and O–H groups in total. The summed E-state index contributed by atoms with van der Waals surface area (Å²) in [6.45, 7) is 5.87. The van der Waals surface area contributed by atoms with Crippen molar-refractivity contribution in [2.45, 2.75) is 37.8 Å². The number of carbonyl (C=O) groups excluding carboxylic acids is 2. The van der Waals surface area contributed by atoms with Crippen molar-refractivity contribution in [3.63, 3.8) is 0 Å². The van der Waals surface area contributed by atoms with E-state index in [2.05, 4.69) is 12.1 Å². The van der Waals surface area contributed by atoms with Crippen molar-refractivity contribution in [3.8, 4) is 0 Å². The van der Waals surface area contributed by atoms with E-state index in [4.69, 9.17) is 4.74 Å². The first-order chi connectivity index (χ1) is 14.0. The summed E-state index contributed by atoms with van der Waals surface area (Å²) in [5.41, 5.74) is 1.07. The highest BCUT2D eigenvalue weighted by Gasteiger charge is 2.58. The van der Waals surface area contributed by atoms with Gasteiger partial charge >= 0.3 is 0 Å². The van der Waals surface area contributed by atoms with Crippen molar-refractivity contribution in [1.82, 2.24) is 9.80 Å². The molecule has 2 aromatic rings. The zero-order valence-electron chi connectivity index (χ0n) is 17.1. The van der Waals surface area contributed by atoms with Crippen LogP contribution in [0.5, 0.6) is 0 Å². The maximum atomic E-state index is 13.5. The molecule has 2 atom stereocenters. The van der Waals surface area contributed by atoms with E-state index in [-0.39, 0.29) is 23.8 Å². The molecule has 2 heterocycles. The third kappa shape index (κ3) is 3.67. The quantitative estimate of drug-likeness (QED) is 0.804. The molecule has 2 unspecified atom stereocenters. The van der Waals surface area contributed by atoms with Crippen LogP contribution in [-0.4, -0.2) is 59.5 Å². The SMILES string of the molecule is CC(C)N1CC(c2ccccc2)C2(CN(C(=O)Cc3ccccc3)CCO2)C1=O. The number of hydrogen-bond donors (Lipinski definition) is 0. The second-order valence-corrected chi connectivity index (χ2v) is 8.23. The van der Waals surface area contributed by atoms with Crippen LogP contribution in [0.3, 0.4) is 0 Å². The lowest BCUT2D eigenvalue weighted by Gasteiger charge is -2.42. The molecule has 152 valence electrons. The van der Waals surface area contributed by atoms with Gasteiger partial charge in [-0.05, 0) is 25.0 Å². The van der Waals surface area contributed by atoms with E-state index in [1.54, 1.807) is 0 Å². The van der Waals surface area contributed by atoms with Crippen LogP contribution < -0.4 is 0 Å². The van der Waals surface area contributed by atoms with Crippen molar-refractivity contribution in [3.05, 3.63) is 71.8 Å². The molecule has 2 aromatic carbocycles. The van der Waals surface area contributed by atoms with Crippen LogP contribution in [0.25, 0.3) is 0 Å². The zero-order chi connectivity index (χ0) is 20.4. The summed E-state index contributed by atoms with van der Waals surface area (Å²) in [4.78, 5) is 30.2. The number of hydrogen-bond acceptors (Lipinski definition) is 3. The number of amides is 2. The Kier molecular flexibility index (Phi) is 5.41. The highest BCUT2D eigenvalue weighted by atomic mass is 16.5. The van der Waals surface area contributed by atoms with Crippen LogP contribution >= 0.6 is 0 Å². The minimum absolute atomic E-state index is 0.00133. The fraction of sp³-hybridized carbons (Fsp3) is 0.417. The normalized spacial score (nSPS) is 24.5. The zero-order valence-corrected chi connectivity index (χ0v) is 17.1. The molecule has 2 aliphatic rings. The highest BCUT2D eigenvalue weighted by Crippen LogP contribution is 2.42. The summed E-state index contributed by atoms with van der Waals surface area (Å²) < 4.78 is 6.23. The second kappa shape index (κ2) is 7.99. The highest BCUT2D eigenvalue weighted by molar-refractivity contribution is 5.91. The first-order valence-electron chi connectivity index (χ1n) is 10.3. The molecule has 2 saturated heterocycles. The smallest absolute Gasteiger partial charge is 0.257 e. The van der Waals surface area contributed by atoms with Gasteiger partial charge in [0.15, 0.2) is 5.60 Å². The molecule has 5 heteroatoms. The fourth-order valence-electron chi connectivity index (χ4n) is 4.51. The van der Waals surface area contributed by atoms with E-state index in [9.17, 15) is 9.59 Å². The number of nitrogens with zero attached hydrogens (tertiary/aromatic N) is 2. The number of ether oxygens (including phenoxy) is 1. The number of morpholine rings is 1. The molecule has 0 aliphatic carbocycles. The van der Waals surface area contributed by atoms with Gasteiger partial charge in [-0.3, -0.25) is 9.59 Å². The lowest BCUT2D eigenvalue weighted by Crippen LogP contribution is -2.60. The molecule has 2 fully saturated rings. The lowest BCUT2D eigenvalue weighted by molar-refractivity contribution is -0.168. The van der Waals surface area contributed by atoms with E-state index >= 15 is 0 Å². The Bertz CT molecular complexity index is 868. The average molecular weight is 392 g/mol. The van der Waals surface area contributed by atoms with Crippen molar-refractivity contribution in [2.75, 3.05) is 26.2 Å². The Morgan fingerprint density at radius 1 is 1.10 bits per heavy atom. The summed E-state index contributed by atoms with van der Waals surface area (Å²) in [6, 6.07) is 19.9. The number of likely N-dealkylation sites (tertiary alicyclic amines) is 1. The Morgan fingerprint density at radius 2 is 1.76 bits per heavy atom. The van der Waals surface area contributed by atoms with E-state index in [0.717, 1.165) is 11.1 Å². The third-order valence-electron chi connectivity index (χ3n) is 6.09. The largest absolute Gasteiger partial charge is 0.361 e. The second-order valence-electron chi connectivity index (χ2n) is 8.23. The van der Waals surface area contributed by atoms with Crippen molar-refractivity contribution in [1.29, 1.82) is 0 Å². The molecule has 29 heavy (non-hydrogen) atoms. The number of benzene rings is 2. The predicted molar refractivity (Wildman–Crippen MR) is 111 cm³/mol. The molecule has 2 aliphatic heterocycles. The maximum Gasteiger partial charge on any atom is 0.257 e. The van der Waals surface area contributed by atoms with Crippen LogP contribution in [0.4, 0.5) is 0 Å².